The van der Waals surface area contributed by atoms with E-state index in [0.717, 1.165) is 86.8 Å². The highest BCUT2D eigenvalue weighted by atomic mass is 16.5. The predicted octanol–water partition coefficient (Wildman–Crippen LogP) is 3.74. The van der Waals surface area contributed by atoms with Gasteiger partial charge in [0.05, 0.1) is 19.6 Å². The van der Waals surface area contributed by atoms with Gasteiger partial charge in [-0.2, -0.15) is 0 Å². The van der Waals surface area contributed by atoms with Gasteiger partial charge >= 0.3 is 0 Å². The summed E-state index contributed by atoms with van der Waals surface area (Å²) in [4.78, 5) is 14.3. The molecule has 4 heterocycles. The SMILES string of the molecule is COc1ccc(C2(CN)CCN(c3ncnc4[nH]ccc34)CC2)cc1.COc1ccc(C2(CN)CCNCC2)cc1. The first kappa shape index (κ1) is 28.9. The lowest BCUT2D eigenvalue weighted by Gasteiger charge is -2.42. The highest BCUT2D eigenvalue weighted by Crippen LogP contribution is 2.37. The molecule has 9 heteroatoms. The average Bonchev–Trinajstić information content (AvgIpc) is 3.55. The molecular formula is C32H43N7O2. The highest BCUT2D eigenvalue weighted by Gasteiger charge is 2.36. The monoisotopic (exact) mass is 557 g/mol. The Morgan fingerprint density at radius 2 is 1.29 bits per heavy atom. The maximum atomic E-state index is 6.22. The number of H-pyrrole nitrogens is 1. The second kappa shape index (κ2) is 12.9. The number of piperidine rings is 2. The lowest BCUT2D eigenvalue weighted by Crippen LogP contribution is -2.47. The minimum Gasteiger partial charge on any atom is -0.497 e. The zero-order valence-electron chi connectivity index (χ0n) is 24.2. The number of hydrogen-bond donors (Lipinski definition) is 4. The molecule has 6 N–H and O–H groups in total. The molecule has 0 atom stereocenters. The average molecular weight is 558 g/mol. The molecule has 2 fully saturated rings. The maximum absolute atomic E-state index is 6.22. The van der Waals surface area contributed by atoms with E-state index in [2.05, 4.69) is 49.4 Å². The van der Waals surface area contributed by atoms with Crippen LogP contribution in [0.15, 0.2) is 67.1 Å². The van der Waals surface area contributed by atoms with Gasteiger partial charge in [0, 0.05) is 43.2 Å². The number of anilines is 1. The molecule has 0 amide bonds. The Morgan fingerprint density at radius 3 is 1.80 bits per heavy atom. The fourth-order valence-corrected chi connectivity index (χ4v) is 6.27. The van der Waals surface area contributed by atoms with Crippen LogP contribution in [0.4, 0.5) is 5.82 Å². The molecule has 4 aromatic rings. The predicted molar refractivity (Wildman–Crippen MR) is 165 cm³/mol. The topological polar surface area (TPSA) is 127 Å². The highest BCUT2D eigenvalue weighted by molar-refractivity contribution is 5.87. The van der Waals surface area contributed by atoms with Crippen LogP contribution in [-0.2, 0) is 10.8 Å². The van der Waals surface area contributed by atoms with Crippen LogP contribution >= 0.6 is 0 Å². The van der Waals surface area contributed by atoms with E-state index < -0.39 is 0 Å². The second-order valence-corrected chi connectivity index (χ2v) is 11.1. The first-order chi connectivity index (χ1) is 20.1. The number of rotatable bonds is 7. The summed E-state index contributed by atoms with van der Waals surface area (Å²) < 4.78 is 10.5. The Labute approximate surface area is 242 Å². The van der Waals surface area contributed by atoms with Gasteiger partial charge in [0.2, 0.25) is 0 Å². The van der Waals surface area contributed by atoms with E-state index >= 15 is 0 Å². The van der Waals surface area contributed by atoms with Crippen molar-refractivity contribution in [2.24, 2.45) is 11.5 Å². The van der Waals surface area contributed by atoms with Crippen molar-refractivity contribution in [2.45, 2.75) is 36.5 Å². The third-order valence-corrected chi connectivity index (χ3v) is 9.10. The van der Waals surface area contributed by atoms with E-state index in [1.165, 1.54) is 11.1 Å². The number of benzene rings is 2. The van der Waals surface area contributed by atoms with Crippen molar-refractivity contribution in [3.05, 3.63) is 78.2 Å². The van der Waals surface area contributed by atoms with E-state index in [-0.39, 0.29) is 10.8 Å². The molecule has 0 spiro atoms. The number of aromatic amines is 1. The number of methoxy groups -OCH3 is 2. The summed E-state index contributed by atoms with van der Waals surface area (Å²) in [5.41, 5.74) is 15.9. The van der Waals surface area contributed by atoms with Gasteiger partial charge in [-0.1, -0.05) is 24.3 Å². The van der Waals surface area contributed by atoms with Gasteiger partial charge in [0.1, 0.15) is 29.3 Å². The Morgan fingerprint density at radius 1 is 0.756 bits per heavy atom. The van der Waals surface area contributed by atoms with E-state index in [9.17, 15) is 0 Å². The van der Waals surface area contributed by atoms with E-state index in [4.69, 9.17) is 20.9 Å². The molecule has 2 aromatic carbocycles. The van der Waals surface area contributed by atoms with Crippen LogP contribution in [0, 0.1) is 0 Å². The van der Waals surface area contributed by atoms with Gasteiger partial charge in [0.15, 0.2) is 0 Å². The summed E-state index contributed by atoms with van der Waals surface area (Å²) >= 11 is 0. The Bertz CT molecular complexity index is 1370. The van der Waals surface area contributed by atoms with Crippen LogP contribution in [0.5, 0.6) is 11.5 Å². The smallest absolute Gasteiger partial charge is 0.142 e. The standard InChI is InChI=1S/C19H23N5O.C13H20N2O/c1-25-15-4-2-14(3-5-15)19(12-20)7-10-24(11-8-19)18-16-6-9-21-17(16)22-13-23-18;1-16-12-4-2-11(3-5-12)13(10-14)6-8-15-9-7-13/h2-6,9,13H,7-8,10-12,20H2,1H3,(H,21,22,23);2-5,15H,6-10,14H2,1H3. The third-order valence-electron chi connectivity index (χ3n) is 9.10. The molecule has 0 unspecified atom stereocenters. The molecule has 0 radical (unpaired) electrons. The normalized spacial score (nSPS) is 17.9. The van der Waals surface area contributed by atoms with Crippen LogP contribution in [0.2, 0.25) is 0 Å². The fraction of sp³-hybridized carbons (Fsp3) is 0.438. The van der Waals surface area contributed by atoms with Crippen LogP contribution in [0.3, 0.4) is 0 Å². The molecule has 41 heavy (non-hydrogen) atoms. The quantitative estimate of drug-likeness (QED) is 0.271. The van der Waals surface area contributed by atoms with Crippen LogP contribution in [-0.4, -0.2) is 68.4 Å². The van der Waals surface area contributed by atoms with Gasteiger partial charge in [-0.25, -0.2) is 9.97 Å². The van der Waals surface area contributed by atoms with Gasteiger partial charge in [-0.05, 0) is 80.2 Å². The molecule has 0 aliphatic carbocycles. The van der Waals surface area contributed by atoms with Crippen molar-refractivity contribution in [3.8, 4) is 11.5 Å². The molecule has 2 aliphatic rings. The summed E-state index contributed by atoms with van der Waals surface area (Å²) in [6.07, 6.45) is 7.79. The first-order valence-corrected chi connectivity index (χ1v) is 14.5. The third kappa shape index (κ3) is 6.02. The van der Waals surface area contributed by atoms with Gasteiger partial charge < -0.3 is 36.1 Å². The summed E-state index contributed by atoms with van der Waals surface area (Å²) in [6, 6.07) is 18.7. The van der Waals surface area contributed by atoms with Gasteiger partial charge in [0.25, 0.3) is 0 Å². The summed E-state index contributed by atoms with van der Waals surface area (Å²) in [5, 5.41) is 4.46. The molecule has 0 bridgehead atoms. The van der Waals surface area contributed by atoms with Crippen molar-refractivity contribution < 1.29 is 9.47 Å². The molecule has 2 aliphatic heterocycles. The van der Waals surface area contributed by atoms with Crippen LogP contribution in [0.25, 0.3) is 11.0 Å². The lowest BCUT2D eigenvalue weighted by molar-refractivity contribution is 0.315. The first-order valence-electron chi connectivity index (χ1n) is 14.5. The van der Waals surface area contributed by atoms with Crippen LogP contribution in [0.1, 0.15) is 36.8 Å². The Kier molecular flexibility index (Phi) is 9.07. The van der Waals surface area contributed by atoms with Crippen molar-refractivity contribution in [3.63, 3.8) is 0 Å². The Hall–Kier alpha value is -3.66. The minimum absolute atomic E-state index is 0.0209. The Balaban J connectivity index is 0.000000182. The molecule has 2 saturated heterocycles. The number of ether oxygens (including phenoxy) is 2. The molecular weight excluding hydrogens is 514 g/mol. The lowest BCUT2D eigenvalue weighted by atomic mass is 9.73. The summed E-state index contributed by atoms with van der Waals surface area (Å²) in [7, 11) is 3.38. The van der Waals surface area contributed by atoms with Crippen LogP contribution < -0.4 is 31.2 Å². The van der Waals surface area contributed by atoms with E-state index in [0.29, 0.717) is 6.54 Å². The largest absolute Gasteiger partial charge is 0.497 e. The van der Waals surface area contributed by atoms with E-state index in [1.807, 2.05) is 36.5 Å². The van der Waals surface area contributed by atoms with Crippen molar-refractivity contribution in [2.75, 3.05) is 58.4 Å². The zero-order valence-corrected chi connectivity index (χ0v) is 24.2. The number of fused-ring (bicyclic) bond motifs is 1. The number of aromatic nitrogens is 3. The van der Waals surface area contributed by atoms with E-state index in [1.54, 1.807) is 20.5 Å². The maximum Gasteiger partial charge on any atom is 0.142 e. The van der Waals surface area contributed by atoms with Crippen molar-refractivity contribution >= 4 is 16.9 Å². The number of hydrogen-bond acceptors (Lipinski definition) is 8. The number of nitrogens with zero attached hydrogens (tertiary/aromatic N) is 3. The molecule has 6 rings (SSSR count). The van der Waals surface area contributed by atoms with Gasteiger partial charge in [-0.15, -0.1) is 0 Å². The number of nitrogens with two attached hydrogens (primary N) is 2. The minimum atomic E-state index is 0.0209. The summed E-state index contributed by atoms with van der Waals surface area (Å²) in [5.74, 6) is 2.79. The van der Waals surface area contributed by atoms with Gasteiger partial charge in [-0.3, -0.25) is 0 Å². The number of nitrogens with one attached hydrogen (secondary N) is 2. The fourth-order valence-electron chi connectivity index (χ4n) is 6.27. The van der Waals surface area contributed by atoms with Crippen molar-refractivity contribution in [1.29, 1.82) is 0 Å². The van der Waals surface area contributed by atoms with Crippen molar-refractivity contribution in [1.82, 2.24) is 20.3 Å². The molecule has 9 nitrogen and oxygen atoms in total. The molecule has 218 valence electrons. The zero-order chi connectivity index (χ0) is 28.7. The summed E-state index contributed by atoms with van der Waals surface area (Å²) in [6.45, 7) is 5.35. The molecule has 0 saturated carbocycles. The second-order valence-electron chi connectivity index (χ2n) is 11.1. The molecule has 2 aromatic heterocycles.